The van der Waals surface area contributed by atoms with E-state index in [1.54, 1.807) is 0 Å². The zero-order valence-electron chi connectivity index (χ0n) is 13.9. The Morgan fingerprint density at radius 1 is 0.833 bits per heavy atom. The Kier molecular flexibility index (Phi) is 5.35. The minimum absolute atomic E-state index is 0.224. The molecule has 0 amide bonds. The van der Waals surface area contributed by atoms with Crippen molar-refractivity contribution in [3.05, 3.63) is 71.8 Å². The molecule has 0 radical (unpaired) electrons. The van der Waals surface area contributed by atoms with Gasteiger partial charge >= 0.3 is 0 Å². The van der Waals surface area contributed by atoms with Crippen LogP contribution in [0, 0.1) is 17.8 Å². The van der Waals surface area contributed by atoms with Gasteiger partial charge in [-0.2, -0.15) is 0 Å². The molecule has 0 aliphatic heterocycles. The van der Waals surface area contributed by atoms with Gasteiger partial charge < -0.3 is 10.2 Å². The third-order valence-electron chi connectivity index (χ3n) is 4.88. The zero-order chi connectivity index (χ0) is 16.8. The normalized spacial score (nSPS) is 16.9. The molecule has 1 unspecified atom stereocenters. The molecule has 124 valence electrons. The molecule has 2 nitrogen and oxygen atoms in total. The van der Waals surface area contributed by atoms with Crippen LogP contribution in [0.15, 0.2) is 60.7 Å². The standard InChI is InChI=1S/C22H24O2/c23-21(18-10-4-1-5-11-18)16-17-22(24,19-12-6-2-7-13-19)20-14-8-3-9-15-20/h2-3,6-9,12-15,18,21,23-24H,1,4-5,10-11H2. The minimum Gasteiger partial charge on any atom is -0.380 e. The molecule has 1 saturated carbocycles. The van der Waals surface area contributed by atoms with Crippen molar-refractivity contribution in [3.8, 4) is 11.8 Å². The zero-order valence-corrected chi connectivity index (χ0v) is 13.9. The summed E-state index contributed by atoms with van der Waals surface area (Å²) in [5.74, 6) is 6.15. The molecule has 1 aliphatic carbocycles. The highest BCUT2D eigenvalue weighted by Crippen LogP contribution is 2.30. The van der Waals surface area contributed by atoms with Gasteiger partial charge in [0.25, 0.3) is 0 Å². The van der Waals surface area contributed by atoms with Crippen LogP contribution in [0.2, 0.25) is 0 Å². The predicted octanol–water partition coefficient (Wildman–Crippen LogP) is 3.87. The molecule has 2 aromatic carbocycles. The molecule has 0 bridgehead atoms. The van der Waals surface area contributed by atoms with Gasteiger partial charge in [0, 0.05) is 11.1 Å². The number of benzene rings is 2. The first kappa shape index (κ1) is 16.8. The van der Waals surface area contributed by atoms with Crippen LogP contribution in [0.3, 0.4) is 0 Å². The lowest BCUT2D eigenvalue weighted by Gasteiger charge is -2.25. The third kappa shape index (κ3) is 3.70. The molecule has 0 saturated heterocycles. The first-order valence-corrected chi connectivity index (χ1v) is 8.74. The molecule has 3 rings (SSSR count). The van der Waals surface area contributed by atoms with Crippen LogP contribution in [0.25, 0.3) is 0 Å². The molecule has 1 fully saturated rings. The first-order valence-electron chi connectivity index (χ1n) is 8.74. The summed E-state index contributed by atoms with van der Waals surface area (Å²) < 4.78 is 0. The maximum absolute atomic E-state index is 11.3. The van der Waals surface area contributed by atoms with Crippen LogP contribution in [-0.4, -0.2) is 16.3 Å². The summed E-state index contributed by atoms with van der Waals surface area (Å²) in [7, 11) is 0. The Balaban J connectivity index is 1.93. The molecule has 2 heteroatoms. The van der Waals surface area contributed by atoms with Crippen molar-refractivity contribution in [2.24, 2.45) is 5.92 Å². The van der Waals surface area contributed by atoms with Crippen molar-refractivity contribution in [1.82, 2.24) is 0 Å². The topological polar surface area (TPSA) is 40.5 Å². The second-order valence-corrected chi connectivity index (χ2v) is 6.55. The van der Waals surface area contributed by atoms with Gasteiger partial charge in [-0.1, -0.05) is 91.8 Å². The van der Waals surface area contributed by atoms with Gasteiger partial charge in [0.05, 0.1) is 0 Å². The Hall–Kier alpha value is -2.08. The summed E-state index contributed by atoms with van der Waals surface area (Å²) in [4.78, 5) is 0. The lowest BCUT2D eigenvalue weighted by Crippen LogP contribution is -2.27. The fourth-order valence-electron chi connectivity index (χ4n) is 3.42. The van der Waals surface area contributed by atoms with Gasteiger partial charge in [-0.05, 0) is 18.8 Å². The number of rotatable bonds is 3. The van der Waals surface area contributed by atoms with E-state index in [2.05, 4.69) is 11.8 Å². The maximum atomic E-state index is 11.3. The van der Waals surface area contributed by atoms with E-state index in [4.69, 9.17) is 0 Å². The quantitative estimate of drug-likeness (QED) is 0.843. The smallest absolute Gasteiger partial charge is 0.176 e. The predicted molar refractivity (Wildman–Crippen MR) is 96.2 cm³/mol. The number of hydrogen-bond acceptors (Lipinski definition) is 2. The van der Waals surface area contributed by atoms with E-state index in [0.717, 1.165) is 36.8 Å². The first-order chi connectivity index (χ1) is 11.7. The summed E-state index contributed by atoms with van der Waals surface area (Å²) in [5, 5.41) is 21.8. The maximum Gasteiger partial charge on any atom is 0.176 e. The number of hydrogen-bond donors (Lipinski definition) is 2. The van der Waals surface area contributed by atoms with Crippen molar-refractivity contribution < 1.29 is 10.2 Å². The Morgan fingerprint density at radius 3 is 1.83 bits per heavy atom. The van der Waals surface area contributed by atoms with Crippen molar-refractivity contribution in [3.63, 3.8) is 0 Å². The molecule has 1 aliphatic rings. The van der Waals surface area contributed by atoms with E-state index in [9.17, 15) is 10.2 Å². The summed E-state index contributed by atoms with van der Waals surface area (Å²) >= 11 is 0. The SMILES string of the molecule is OC(C#CC(O)(c1ccccc1)c1ccccc1)C1CCCCC1. The van der Waals surface area contributed by atoms with Crippen LogP contribution in [-0.2, 0) is 5.60 Å². The van der Waals surface area contributed by atoms with E-state index in [-0.39, 0.29) is 5.92 Å². The molecule has 0 spiro atoms. The molecule has 0 aromatic heterocycles. The molecule has 24 heavy (non-hydrogen) atoms. The molecular weight excluding hydrogens is 296 g/mol. The second kappa shape index (κ2) is 7.66. The highest BCUT2D eigenvalue weighted by molar-refractivity contribution is 5.44. The lowest BCUT2D eigenvalue weighted by atomic mass is 9.83. The minimum atomic E-state index is -1.40. The second-order valence-electron chi connectivity index (χ2n) is 6.55. The van der Waals surface area contributed by atoms with Crippen molar-refractivity contribution in [2.75, 3.05) is 0 Å². The van der Waals surface area contributed by atoms with Crippen LogP contribution in [0.4, 0.5) is 0 Å². The Morgan fingerprint density at radius 2 is 1.33 bits per heavy atom. The summed E-state index contributed by atoms with van der Waals surface area (Å²) in [5.41, 5.74) is 0.0390. The van der Waals surface area contributed by atoms with Crippen LogP contribution in [0.5, 0.6) is 0 Å². The van der Waals surface area contributed by atoms with Gasteiger partial charge in [-0.25, -0.2) is 0 Å². The lowest BCUT2D eigenvalue weighted by molar-refractivity contribution is 0.127. The number of aliphatic hydroxyl groups excluding tert-OH is 1. The molecular formula is C22H24O2. The average Bonchev–Trinajstić information content (AvgIpc) is 2.68. The van der Waals surface area contributed by atoms with Crippen LogP contribution >= 0.6 is 0 Å². The van der Waals surface area contributed by atoms with E-state index < -0.39 is 11.7 Å². The summed E-state index contributed by atoms with van der Waals surface area (Å²) in [6, 6.07) is 18.9. The summed E-state index contributed by atoms with van der Waals surface area (Å²) in [6.45, 7) is 0. The fourth-order valence-corrected chi connectivity index (χ4v) is 3.42. The van der Waals surface area contributed by atoms with Gasteiger partial charge in [-0.3, -0.25) is 0 Å². The molecule has 2 aromatic rings. The fraction of sp³-hybridized carbons (Fsp3) is 0.364. The van der Waals surface area contributed by atoms with Crippen LogP contribution < -0.4 is 0 Å². The summed E-state index contributed by atoms with van der Waals surface area (Å²) in [6.07, 6.45) is 4.92. The van der Waals surface area contributed by atoms with Gasteiger partial charge in [-0.15, -0.1) is 0 Å². The van der Waals surface area contributed by atoms with Crippen LogP contribution in [0.1, 0.15) is 43.2 Å². The van der Waals surface area contributed by atoms with E-state index in [0.29, 0.717) is 0 Å². The van der Waals surface area contributed by atoms with Crippen molar-refractivity contribution in [1.29, 1.82) is 0 Å². The highest BCUT2D eigenvalue weighted by Gasteiger charge is 2.30. The third-order valence-corrected chi connectivity index (χ3v) is 4.88. The Bertz CT molecular complexity index is 651. The van der Waals surface area contributed by atoms with Crippen molar-refractivity contribution >= 4 is 0 Å². The number of aliphatic hydroxyl groups is 2. The average molecular weight is 320 g/mol. The van der Waals surface area contributed by atoms with Crippen molar-refractivity contribution in [2.45, 2.75) is 43.8 Å². The Labute approximate surface area is 144 Å². The molecule has 1 atom stereocenters. The monoisotopic (exact) mass is 320 g/mol. The van der Waals surface area contributed by atoms with Gasteiger partial charge in [0.1, 0.15) is 6.10 Å². The largest absolute Gasteiger partial charge is 0.380 e. The van der Waals surface area contributed by atoms with E-state index in [1.165, 1.54) is 6.42 Å². The molecule has 0 heterocycles. The van der Waals surface area contributed by atoms with E-state index >= 15 is 0 Å². The van der Waals surface area contributed by atoms with Gasteiger partial charge in [0.2, 0.25) is 0 Å². The van der Waals surface area contributed by atoms with E-state index in [1.807, 2.05) is 60.7 Å². The highest BCUT2D eigenvalue weighted by atomic mass is 16.3. The van der Waals surface area contributed by atoms with Gasteiger partial charge in [0.15, 0.2) is 5.60 Å². The molecule has 2 N–H and O–H groups in total.